The Labute approximate surface area is 188 Å². The molecule has 0 radical (unpaired) electrons. The van der Waals surface area contributed by atoms with Gasteiger partial charge in [-0.1, -0.05) is 11.3 Å². The molecule has 0 amide bonds. The number of methoxy groups -OCH3 is 2. The molecule has 4 aromatic rings. The lowest BCUT2D eigenvalue weighted by Gasteiger charge is -2.11. The summed E-state index contributed by atoms with van der Waals surface area (Å²) in [4.78, 5) is 6.28. The number of sulfonamides is 1. The zero-order valence-corrected chi connectivity index (χ0v) is 19.3. The van der Waals surface area contributed by atoms with Gasteiger partial charge in [-0.05, 0) is 49.7 Å². The summed E-state index contributed by atoms with van der Waals surface area (Å²) in [6.45, 7) is 2.12. The first-order valence-corrected chi connectivity index (χ1v) is 11.9. The van der Waals surface area contributed by atoms with E-state index in [2.05, 4.69) is 14.8 Å². The van der Waals surface area contributed by atoms with Crippen LogP contribution < -0.4 is 14.2 Å². The highest BCUT2D eigenvalue weighted by molar-refractivity contribution is 7.89. The topological polar surface area (TPSA) is 94.8 Å². The molecule has 168 valence electrons. The van der Waals surface area contributed by atoms with Crippen LogP contribution in [0.2, 0.25) is 0 Å². The molecular weight excluding hydrogens is 455 g/mol. The summed E-state index contributed by atoms with van der Waals surface area (Å²) >= 11 is 1.44. The molecule has 2 aromatic heterocycles. The molecule has 0 saturated heterocycles. The van der Waals surface area contributed by atoms with E-state index in [1.165, 1.54) is 49.8 Å². The van der Waals surface area contributed by atoms with E-state index >= 15 is 0 Å². The van der Waals surface area contributed by atoms with Gasteiger partial charge in [-0.15, -0.1) is 5.10 Å². The van der Waals surface area contributed by atoms with Crippen LogP contribution in [-0.2, 0) is 16.4 Å². The van der Waals surface area contributed by atoms with Crippen LogP contribution in [0.3, 0.4) is 0 Å². The van der Waals surface area contributed by atoms with E-state index in [4.69, 9.17) is 9.47 Å². The first-order chi connectivity index (χ1) is 15.3. The Balaban J connectivity index is 1.47. The quantitative estimate of drug-likeness (QED) is 0.419. The Morgan fingerprint density at radius 3 is 2.47 bits per heavy atom. The molecule has 2 heterocycles. The molecule has 0 atom stereocenters. The van der Waals surface area contributed by atoms with Gasteiger partial charge in [-0.3, -0.25) is 0 Å². The van der Waals surface area contributed by atoms with Crippen molar-refractivity contribution < 1.29 is 22.3 Å². The zero-order valence-electron chi connectivity index (χ0n) is 17.6. The third-order valence-corrected chi connectivity index (χ3v) is 7.58. The molecular formula is C21H21FN4O4S2. The Hall–Kier alpha value is -3.02. The number of ether oxygens (including phenoxy) is 2. The summed E-state index contributed by atoms with van der Waals surface area (Å²) in [5.41, 5.74) is 1.61. The molecule has 0 aliphatic rings. The van der Waals surface area contributed by atoms with Crippen molar-refractivity contribution in [2.45, 2.75) is 18.2 Å². The number of aryl methyl sites for hydroxylation is 1. The van der Waals surface area contributed by atoms with Gasteiger partial charge in [0, 0.05) is 23.1 Å². The Kier molecular flexibility index (Phi) is 6.13. The van der Waals surface area contributed by atoms with Crippen LogP contribution in [0.5, 0.6) is 11.5 Å². The van der Waals surface area contributed by atoms with Gasteiger partial charge in [0.1, 0.15) is 5.82 Å². The van der Waals surface area contributed by atoms with E-state index in [9.17, 15) is 12.8 Å². The second-order valence-corrected chi connectivity index (χ2v) is 9.74. The SMILES string of the molecule is COc1ccc(S(=O)(=O)NCCc2sc3nc(-c4ccc(F)cc4)nn3c2C)cc1OC. The number of aromatic nitrogens is 3. The third kappa shape index (κ3) is 4.31. The third-order valence-electron chi connectivity index (χ3n) is 4.93. The van der Waals surface area contributed by atoms with E-state index in [-0.39, 0.29) is 17.3 Å². The van der Waals surface area contributed by atoms with Crippen LogP contribution in [0, 0.1) is 12.7 Å². The van der Waals surface area contributed by atoms with Crippen LogP contribution in [0.4, 0.5) is 4.39 Å². The first-order valence-electron chi connectivity index (χ1n) is 9.65. The monoisotopic (exact) mass is 476 g/mol. The summed E-state index contributed by atoms with van der Waals surface area (Å²) in [5, 5.41) is 4.50. The molecule has 0 bridgehead atoms. The lowest BCUT2D eigenvalue weighted by atomic mass is 10.2. The fourth-order valence-corrected chi connectivity index (χ4v) is 5.31. The number of nitrogens with zero attached hydrogens (tertiary/aromatic N) is 3. The average molecular weight is 477 g/mol. The van der Waals surface area contributed by atoms with Gasteiger partial charge in [-0.2, -0.15) is 4.98 Å². The van der Waals surface area contributed by atoms with Crippen molar-refractivity contribution in [3.8, 4) is 22.9 Å². The van der Waals surface area contributed by atoms with Crippen LogP contribution in [0.1, 0.15) is 10.6 Å². The van der Waals surface area contributed by atoms with E-state index < -0.39 is 10.0 Å². The van der Waals surface area contributed by atoms with Crippen molar-refractivity contribution in [1.82, 2.24) is 19.3 Å². The fourth-order valence-electron chi connectivity index (χ4n) is 3.20. The summed E-state index contributed by atoms with van der Waals surface area (Å²) in [7, 11) is -0.774. The maximum absolute atomic E-state index is 13.1. The second kappa shape index (κ2) is 8.85. The van der Waals surface area contributed by atoms with Gasteiger partial charge in [0.05, 0.1) is 24.8 Å². The average Bonchev–Trinajstić information content (AvgIpc) is 3.33. The van der Waals surface area contributed by atoms with Crippen LogP contribution >= 0.6 is 11.3 Å². The Morgan fingerprint density at radius 2 is 1.81 bits per heavy atom. The maximum atomic E-state index is 13.1. The predicted molar refractivity (Wildman–Crippen MR) is 119 cm³/mol. The van der Waals surface area contributed by atoms with Crippen LogP contribution in [-0.4, -0.2) is 43.8 Å². The number of fused-ring (bicyclic) bond motifs is 1. The molecule has 0 saturated carbocycles. The van der Waals surface area contributed by atoms with Crippen molar-refractivity contribution in [2.75, 3.05) is 20.8 Å². The number of thiazole rings is 1. The van der Waals surface area contributed by atoms with Gasteiger partial charge >= 0.3 is 0 Å². The molecule has 2 aromatic carbocycles. The molecule has 4 rings (SSSR count). The maximum Gasteiger partial charge on any atom is 0.240 e. The lowest BCUT2D eigenvalue weighted by molar-refractivity contribution is 0.354. The molecule has 1 N–H and O–H groups in total. The Morgan fingerprint density at radius 1 is 1.09 bits per heavy atom. The van der Waals surface area contributed by atoms with Gasteiger partial charge < -0.3 is 9.47 Å². The van der Waals surface area contributed by atoms with Crippen molar-refractivity contribution in [3.63, 3.8) is 0 Å². The van der Waals surface area contributed by atoms with E-state index in [0.29, 0.717) is 28.7 Å². The molecule has 0 fully saturated rings. The van der Waals surface area contributed by atoms with Gasteiger partial charge in [0.25, 0.3) is 0 Å². The molecule has 0 aliphatic heterocycles. The Bertz CT molecular complexity index is 1360. The van der Waals surface area contributed by atoms with E-state index in [1.807, 2.05) is 6.92 Å². The standard InChI is InChI=1S/C21H21FN4O4S2/c1-13-19(31-21-24-20(25-26(13)21)14-4-6-15(22)7-5-14)10-11-23-32(27,28)16-8-9-17(29-2)18(12-16)30-3/h4-9,12,23H,10-11H2,1-3H3. The number of nitrogens with one attached hydrogen (secondary N) is 1. The molecule has 0 aliphatic carbocycles. The first kappa shape index (κ1) is 22.2. The van der Waals surface area contributed by atoms with Crippen molar-refractivity contribution in [1.29, 1.82) is 0 Å². The van der Waals surface area contributed by atoms with Crippen molar-refractivity contribution in [2.24, 2.45) is 0 Å². The van der Waals surface area contributed by atoms with Crippen LogP contribution in [0.25, 0.3) is 16.3 Å². The molecule has 11 heteroatoms. The molecule has 0 unspecified atom stereocenters. The number of rotatable bonds is 8. The highest BCUT2D eigenvalue weighted by atomic mass is 32.2. The summed E-state index contributed by atoms with van der Waals surface area (Å²) in [5.74, 6) is 0.995. The summed E-state index contributed by atoms with van der Waals surface area (Å²) in [6, 6.07) is 10.4. The number of hydrogen-bond acceptors (Lipinski definition) is 7. The fraction of sp³-hybridized carbons (Fsp3) is 0.238. The predicted octanol–water partition coefficient (Wildman–Crippen LogP) is 3.44. The number of halogens is 1. The second-order valence-electron chi connectivity index (χ2n) is 6.91. The zero-order chi connectivity index (χ0) is 22.9. The minimum atomic E-state index is -3.71. The van der Waals surface area contributed by atoms with Gasteiger partial charge in [0.2, 0.25) is 15.0 Å². The number of benzene rings is 2. The number of hydrogen-bond donors (Lipinski definition) is 1. The van der Waals surface area contributed by atoms with E-state index in [0.717, 1.165) is 16.1 Å². The van der Waals surface area contributed by atoms with Gasteiger partial charge in [-0.25, -0.2) is 22.0 Å². The molecule has 0 spiro atoms. The summed E-state index contributed by atoms with van der Waals surface area (Å²) in [6.07, 6.45) is 0.486. The smallest absolute Gasteiger partial charge is 0.240 e. The summed E-state index contributed by atoms with van der Waals surface area (Å²) < 4.78 is 53.1. The molecule has 8 nitrogen and oxygen atoms in total. The van der Waals surface area contributed by atoms with Gasteiger partial charge in [0.15, 0.2) is 17.3 Å². The lowest BCUT2D eigenvalue weighted by Crippen LogP contribution is -2.26. The minimum absolute atomic E-state index is 0.0958. The van der Waals surface area contributed by atoms with Crippen molar-refractivity contribution >= 4 is 26.3 Å². The minimum Gasteiger partial charge on any atom is -0.493 e. The highest BCUT2D eigenvalue weighted by Crippen LogP contribution is 2.29. The highest BCUT2D eigenvalue weighted by Gasteiger charge is 2.18. The normalized spacial score (nSPS) is 11.8. The largest absolute Gasteiger partial charge is 0.493 e. The van der Waals surface area contributed by atoms with Crippen LogP contribution in [0.15, 0.2) is 47.4 Å². The molecule has 32 heavy (non-hydrogen) atoms. The van der Waals surface area contributed by atoms with E-state index in [1.54, 1.807) is 22.7 Å². The van der Waals surface area contributed by atoms with Crippen molar-refractivity contribution in [3.05, 3.63) is 58.9 Å².